The van der Waals surface area contributed by atoms with E-state index in [-0.39, 0.29) is 35.5 Å². The van der Waals surface area contributed by atoms with Crippen LogP contribution in [0.1, 0.15) is 42.5 Å². The van der Waals surface area contributed by atoms with E-state index >= 15 is 0 Å². The molecule has 0 fully saturated rings. The molecule has 0 aliphatic carbocycles. The largest absolute Gasteiger partial charge is 0.495 e. The smallest absolute Gasteiger partial charge is 0.264 e. The van der Waals surface area contributed by atoms with E-state index in [0.717, 1.165) is 26.6 Å². The van der Waals surface area contributed by atoms with Gasteiger partial charge in [-0.2, -0.15) is 0 Å². The van der Waals surface area contributed by atoms with Crippen LogP contribution in [0.4, 0.5) is 5.69 Å². The van der Waals surface area contributed by atoms with Crippen LogP contribution in [0.15, 0.2) is 108 Å². The first-order valence-corrected chi connectivity index (χ1v) is 16.9. The van der Waals surface area contributed by atoms with Crippen LogP contribution in [-0.2, 0) is 32.6 Å². The molecule has 0 aromatic heterocycles. The third-order valence-electron chi connectivity index (χ3n) is 7.92. The molecule has 9 heteroatoms. The number of carbonyl (C=O) groups excluding carboxylic acids is 2. The minimum absolute atomic E-state index is 0.0342. The highest BCUT2D eigenvalue weighted by atomic mass is 32.2. The van der Waals surface area contributed by atoms with Gasteiger partial charge in [0.2, 0.25) is 11.8 Å². The Labute approximate surface area is 273 Å². The summed E-state index contributed by atoms with van der Waals surface area (Å²) in [5.74, 6) is -0.520. The minimum atomic E-state index is -4.23. The number of hydrogen-bond acceptors (Lipinski definition) is 5. The maximum Gasteiger partial charge on any atom is 0.264 e. The number of nitrogens with zero attached hydrogens (tertiary/aromatic N) is 2. The predicted octanol–water partition coefficient (Wildman–Crippen LogP) is 6.06. The molecule has 0 bridgehead atoms. The van der Waals surface area contributed by atoms with Crippen molar-refractivity contribution in [2.75, 3.05) is 18.0 Å². The van der Waals surface area contributed by atoms with Crippen LogP contribution in [0.5, 0.6) is 5.75 Å². The fourth-order valence-corrected chi connectivity index (χ4v) is 6.67. The van der Waals surface area contributed by atoms with E-state index in [1.165, 1.54) is 24.1 Å². The molecular weight excluding hydrogens is 598 g/mol. The van der Waals surface area contributed by atoms with Crippen molar-refractivity contribution >= 4 is 27.5 Å². The lowest BCUT2D eigenvalue weighted by Crippen LogP contribution is -2.54. The van der Waals surface area contributed by atoms with E-state index in [1.807, 2.05) is 88.4 Å². The molecule has 0 aliphatic heterocycles. The van der Waals surface area contributed by atoms with Crippen LogP contribution in [0.3, 0.4) is 0 Å². The second-order valence-corrected chi connectivity index (χ2v) is 13.4. The highest BCUT2D eigenvalue weighted by Gasteiger charge is 2.35. The summed E-state index contributed by atoms with van der Waals surface area (Å²) < 4.78 is 35.2. The molecule has 242 valence electrons. The van der Waals surface area contributed by atoms with Gasteiger partial charge in [-0.25, -0.2) is 8.42 Å². The van der Waals surface area contributed by atoms with Crippen LogP contribution in [0, 0.1) is 13.8 Å². The van der Waals surface area contributed by atoms with E-state index in [9.17, 15) is 18.0 Å². The Balaban J connectivity index is 1.85. The van der Waals surface area contributed by atoms with E-state index < -0.39 is 28.5 Å². The number of amides is 2. The number of anilines is 1. The number of aryl methyl sites for hydroxylation is 2. The molecule has 0 saturated heterocycles. The standard InChI is InChI=1S/C37H43N3O5S/c1-6-29(4)38-37(42)34(24-30-15-9-7-10-16-30)39(25-31-17-13-14-27(2)22-31)36(41)26-40(33-23-28(3)20-21-35(33)45-5)46(43,44)32-18-11-8-12-19-32/h7-23,29,34H,6,24-26H2,1-5H3,(H,38,42)/t29-,34+/m0/s1. The molecule has 4 aromatic carbocycles. The summed E-state index contributed by atoms with van der Waals surface area (Å²) in [5.41, 5.74) is 3.74. The molecule has 1 N–H and O–H groups in total. The first-order valence-electron chi connectivity index (χ1n) is 15.4. The first kappa shape index (κ1) is 34.2. The fraction of sp³-hybridized carbons (Fsp3) is 0.297. The van der Waals surface area contributed by atoms with Crippen LogP contribution >= 0.6 is 0 Å². The normalized spacial score (nSPS) is 12.5. The summed E-state index contributed by atoms with van der Waals surface area (Å²) in [7, 11) is -2.77. The van der Waals surface area contributed by atoms with Crippen molar-refractivity contribution in [3.05, 3.63) is 125 Å². The van der Waals surface area contributed by atoms with Crippen molar-refractivity contribution < 1.29 is 22.7 Å². The lowest BCUT2D eigenvalue weighted by atomic mass is 10.0. The van der Waals surface area contributed by atoms with Gasteiger partial charge in [-0.15, -0.1) is 0 Å². The zero-order valence-corrected chi connectivity index (χ0v) is 28.0. The summed E-state index contributed by atoms with van der Waals surface area (Å²) in [6.07, 6.45) is 0.964. The van der Waals surface area contributed by atoms with Gasteiger partial charge in [0.25, 0.3) is 10.0 Å². The van der Waals surface area contributed by atoms with E-state index in [0.29, 0.717) is 12.2 Å². The molecule has 2 amide bonds. The highest BCUT2D eigenvalue weighted by molar-refractivity contribution is 7.92. The second-order valence-electron chi connectivity index (χ2n) is 11.5. The molecule has 4 aromatic rings. The van der Waals surface area contributed by atoms with Gasteiger partial charge in [0.15, 0.2) is 0 Å². The van der Waals surface area contributed by atoms with Crippen molar-refractivity contribution in [2.45, 2.75) is 64.1 Å². The molecule has 0 aliphatic rings. The number of benzene rings is 4. The van der Waals surface area contributed by atoms with E-state index in [1.54, 1.807) is 30.3 Å². The predicted molar refractivity (Wildman–Crippen MR) is 182 cm³/mol. The average molecular weight is 642 g/mol. The van der Waals surface area contributed by atoms with Crippen molar-refractivity contribution in [2.24, 2.45) is 0 Å². The van der Waals surface area contributed by atoms with E-state index in [2.05, 4.69) is 5.32 Å². The summed E-state index contributed by atoms with van der Waals surface area (Å²) in [6.45, 7) is 7.26. The maximum atomic E-state index is 14.7. The summed E-state index contributed by atoms with van der Waals surface area (Å²) in [6, 6.07) is 29.4. The van der Waals surface area contributed by atoms with Gasteiger partial charge < -0.3 is 15.0 Å². The molecule has 8 nitrogen and oxygen atoms in total. The number of carbonyl (C=O) groups is 2. The lowest BCUT2D eigenvalue weighted by Gasteiger charge is -2.34. The Bertz CT molecular complexity index is 1730. The number of nitrogens with one attached hydrogen (secondary N) is 1. The number of hydrogen-bond donors (Lipinski definition) is 1. The molecule has 0 radical (unpaired) electrons. The minimum Gasteiger partial charge on any atom is -0.495 e. The molecule has 0 spiro atoms. The summed E-state index contributed by atoms with van der Waals surface area (Å²) in [5, 5.41) is 3.06. The van der Waals surface area contributed by atoms with Crippen molar-refractivity contribution in [3.8, 4) is 5.75 Å². The zero-order chi connectivity index (χ0) is 33.3. The van der Waals surface area contributed by atoms with Gasteiger partial charge in [-0.3, -0.25) is 13.9 Å². The van der Waals surface area contributed by atoms with Crippen LogP contribution < -0.4 is 14.4 Å². The van der Waals surface area contributed by atoms with Crippen molar-refractivity contribution in [1.29, 1.82) is 0 Å². The lowest BCUT2D eigenvalue weighted by molar-refractivity contribution is -0.140. The summed E-state index contributed by atoms with van der Waals surface area (Å²) >= 11 is 0. The van der Waals surface area contributed by atoms with Crippen LogP contribution in [0.25, 0.3) is 0 Å². The zero-order valence-electron chi connectivity index (χ0n) is 27.1. The number of rotatable bonds is 14. The SMILES string of the molecule is CC[C@H](C)NC(=O)[C@@H](Cc1ccccc1)N(Cc1cccc(C)c1)C(=O)CN(c1cc(C)ccc1OC)S(=O)(=O)c1ccccc1. The van der Waals surface area contributed by atoms with Gasteiger partial charge in [0.1, 0.15) is 18.3 Å². The molecule has 0 heterocycles. The molecule has 2 atom stereocenters. The van der Waals surface area contributed by atoms with Gasteiger partial charge in [0, 0.05) is 19.0 Å². The molecule has 4 rings (SSSR count). The van der Waals surface area contributed by atoms with Gasteiger partial charge >= 0.3 is 0 Å². The Kier molecular flexibility index (Phi) is 11.6. The quantitative estimate of drug-likeness (QED) is 0.181. The monoisotopic (exact) mass is 641 g/mol. The molecule has 0 unspecified atom stereocenters. The fourth-order valence-electron chi connectivity index (χ4n) is 5.23. The maximum absolute atomic E-state index is 14.7. The molecule has 0 saturated carbocycles. The number of sulfonamides is 1. The first-order chi connectivity index (χ1) is 22.0. The van der Waals surface area contributed by atoms with Crippen molar-refractivity contribution in [1.82, 2.24) is 10.2 Å². The third kappa shape index (κ3) is 8.54. The van der Waals surface area contributed by atoms with Crippen LogP contribution in [-0.4, -0.2) is 50.9 Å². The Morgan fingerprint density at radius 1 is 0.826 bits per heavy atom. The average Bonchev–Trinajstić information content (AvgIpc) is 3.05. The topological polar surface area (TPSA) is 96.0 Å². The van der Waals surface area contributed by atoms with Gasteiger partial charge in [-0.05, 0) is 68.1 Å². The number of ether oxygens (including phenoxy) is 1. The Hall–Kier alpha value is -4.63. The molecule has 46 heavy (non-hydrogen) atoms. The molecular formula is C37H43N3O5S. The van der Waals surface area contributed by atoms with E-state index in [4.69, 9.17) is 4.74 Å². The summed E-state index contributed by atoms with van der Waals surface area (Å²) in [4.78, 5) is 30.2. The van der Waals surface area contributed by atoms with Crippen LogP contribution in [0.2, 0.25) is 0 Å². The second kappa shape index (κ2) is 15.6. The Morgan fingerprint density at radius 2 is 1.46 bits per heavy atom. The van der Waals surface area contributed by atoms with Gasteiger partial charge in [-0.1, -0.05) is 91.3 Å². The number of methoxy groups -OCH3 is 1. The van der Waals surface area contributed by atoms with Gasteiger partial charge in [0.05, 0.1) is 17.7 Å². The third-order valence-corrected chi connectivity index (χ3v) is 9.69. The Morgan fingerprint density at radius 3 is 2.09 bits per heavy atom. The van der Waals surface area contributed by atoms with Crippen molar-refractivity contribution in [3.63, 3.8) is 0 Å². The highest BCUT2D eigenvalue weighted by Crippen LogP contribution is 2.34.